The zero-order valence-electron chi connectivity index (χ0n) is 14.7. The lowest BCUT2D eigenvalue weighted by atomic mass is 9.93. The molecule has 1 fully saturated rings. The number of benzene rings is 1. The lowest BCUT2D eigenvalue weighted by Crippen LogP contribution is -2.39. The molecule has 5 heteroatoms. The van der Waals surface area contributed by atoms with Gasteiger partial charge in [0, 0.05) is 24.4 Å². The molecular weight excluding hydrogens is 318 g/mol. The second kappa shape index (κ2) is 6.65. The van der Waals surface area contributed by atoms with Gasteiger partial charge in [-0.2, -0.15) is 0 Å². The van der Waals surface area contributed by atoms with Crippen LogP contribution in [0.1, 0.15) is 49.5 Å². The Morgan fingerprint density at radius 1 is 1.29 bits per heavy atom. The van der Waals surface area contributed by atoms with Gasteiger partial charge < -0.3 is 4.90 Å². The SMILES string of the molecule is CN1CC[C@@H](N[C@@H](c2ccccc2)c2nc(C(C)(C)C)cs2)C1=O. The van der Waals surface area contributed by atoms with Crippen LogP contribution in [0.2, 0.25) is 0 Å². The van der Waals surface area contributed by atoms with Crippen LogP contribution in [-0.2, 0) is 10.2 Å². The smallest absolute Gasteiger partial charge is 0.239 e. The van der Waals surface area contributed by atoms with Crippen LogP contribution in [0.4, 0.5) is 0 Å². The van der Waals surface area contributed by atoms with Crippen molar-refractivity contribution < 1.29 is 4.79 Å². The minimum atomic E-state index is -0.137. The maximum atomic E-state index is 12.3. The van der Waals surface area contributed by atoms with Gasteiger partial charge in [0.25, 0.3) is 0 Å². The Kier molecular flexibility index (Phi) is 4.74. The molecule has 128 valence electrons. The highest BCUT2D eigenvalue weighted by Gasteiger charge is 2.32. The first-order valence-electron chi connectivity index (χ1n) is 8.38. The quantitative estimate of drug-likeness (QED) is 0.926. The number of hydrogen-bond donors (Lipinski definition) is 1. The molecule has 1 aromatic heterocycles. The highest BCUT2D eigenvalue weighted by molar-refractivity contribution is 7.09. The molecule has 0 saturated carbocycles. The van der Waals surface area contributed by atoms with Crippen LogP contribution in [0.25, 0.3) is 0 Å². The second-order valence-electron chi connectivity index (χ2n) is 7.43. The Labute approximate surface area is 147 Å². The Morgan fingerprint density at radius 2 is 2.00 bits per heavy atom. The lowest BCUT2D eigenvalue weighted by Gasteiger charge is -2.21. The predicted octanol–water partition coefficient (Wildman–Crippen LogP) is 3.35. The first kappa shape index (κ1) is 17.1. The molecule has 1 aliphatic heterocycles. The Hall–Kier alpha value is -1.72. The van der Waals surface area contributed by atoms with E-state index >= 15 is 0 Å². The molecule has 1 aromatic carbocycles. The molecule has 0 spiro atoms. The zero-order chi connectivity index (χ0) is 17.3. The Bertz CT molecular complexity index is 705. The fourth-order valence-electron chi connectivity index (χ4n) is 2.90. The van der Waals surface area contributed by atoms with Gasteiger partial charge in [-0.3, -0.25) is 10.1 Å². The van der Waals surface area contributed by atoms with E-state index in [0.29, 0.717) is 0 Å². The molecule has 2 atom stereocenters. The number of thiazole rings is 1. The number of hydrogen-bond acceptors (Lipinski definition) is 4. The molecule has 1 amide bonds. The largest absolute Gasteiger partial charge is 0.344 e. The predicted molar refractivity (Wildman–Crippen MR) is 98.3 cm³/mol. The number of aromatic nitrogens is 1. The molecule has 4 nitrogen and oxygen atoms in total. The van der Waals surface area contributed by atoms with Crippen molar-refractivity contribution in [1.29, 1.82) is 0 Å². The third kappa shape index (κ3) is 3.52. The molecule has 0 bridgehead atoms. The van der Waals surface area contributed by atoms with Crippen molar-refractivity contribution in [3.63, 3.8) is 0 Å². The normalized spacial score (nSPS) is 19.8. The standard InChI is InChI=1S/C19H25N3OS/c1-19(2,3)15-12-24-17(21-15)16(13-8-6-5-7-9-13)20-14-10-11-22(4)18(14)23/h5-9,12,14,16,20H,10-11H2,1-4H3/t14-,16+/m1/s1. The first-order chi connectivity index (χ1) is 11.4. The minimum Gasteiger partial charge on any atom is -0.344 e. The van der Waals surface area contributed by atoms with Crippen molar-refractivity contribution >= 4 is 17.2 Å². The summed E-state index contributed by atoms with van der Waals surface area (Å²) < 4.78 is 0. The number of carbonyl (C=O) groups is 1. The van der Waals surface area contributed by atoms with Gasteiger partial charge in [0.15, 0.2) is 0 Å². The molecule has 0 aliphatic carbocycles. The number of nitrogens with one attached hydrogen (secondary N) is 1. The van der Waals surface area contributed by atoms with Crippen LogP contribution >= 0.6 is 11.3 Å². The van der Waals surface area contributed by atoms with Gasteiger partial charge >= 0.3 is 0 Å². The van der Waals surface area contributed by atoms with E-state index in [4.69, 9.17) is 4.98 Å². The second-order valence-corrected chi connectivity index (χ2v) is 8.32. The molecule has 1 aliphatic rings. The van der Waals surface area contributed by atoms with E-state index in [1.807, 2.05) is 25.2 Å². The number of carbonyl (C=O) groups excluding carboxylic acids is 1. The maximum absolute atomic E-state index is 12.3. The Balaban J connectivity index is 1.91. The van der Waals surface area contributed by atoms with Gasteiger partial charge in [0.05, 0.1) is 17.8 Å². The highest BCUT2D eigenvalue weighted by Crippen LogP contribution is 2.31. The topological polar surface area (TPSA) is 45.2 Å². The molecule has 0 unspecified atom stereocenters. The Morgan fingerprint density at radius 3 is 2.54 bits per heavy atom. The third-order valence-electron chi connectivity index (χ3n) is 4.47. The zero-order valence-corrected chi connectivity index (χ0v) is 15.6. The summed E-state index contributed by atoms with van der Waals surface area (Å²) in [5.74, 6) is 0.170. The van der Waals surface area contributed by atoms with Gasteiger partial charge in [-0.15, -0.1) is 11.3 Å². The molecule has 2 aromatic rings. The van der Waals surface area contributed by atoms with Gasteiger partial charge in [-0.05, 0) is 12.0 Å². The van der Waals surface area contributed by atoms with Crippen LogP contribution in [-0.4, -0.2) is 35.4 Å². The summed E-state index contributed by atoms with van der Waals surface area (Å²) in [7, 11) is 1.86. The fourth-order valence-corrected chi connectivity index (χ4v) is 4.03. The summed E-state index contributed by atoms with van der Waals surface area (Å²) in [4.78, 5) is 19.0. The van der Waals surface area contributed by atoms with Crippen LogP contribution < -0.4 is 5.32 Å². The minimum absolute atomic E-state index is 0.0272. The summed E-state index contributed by atoms with van der Waals surface area (Å²) in [6.45, 7) is 7.33. The van der Waals surface area contributed by atoms with Crippen molar-refractivity contribution in [3.8, 4) is 0 Å². The highest BCUT2D eigenvalue weighted by atomic mass is 32.1. The third-order valence-corrected chi connectivity index (χ3v) is 5.38. The molecule has 2 heterocycles. The number of likely N-dealkylation sites (N-methyl/N-ethyl adjacent to an activating group) is 1. The maximum Gasteiger partial charge on any atom is 0.239 e. The molecule has 1 N–H and O–H groups in total. The van der Waals surface area contributed by atoms with E-state index < -0.39 is 0 Å². The average Bonchev–Trinajstić information content (AvgIpc) is 3.15. The van der Waals surface area contributed by atoms with Crippen LogP contribution in [0, 0.1) is 0 Å². The monoisotopic (exact) mass is 343 g/mol. The lowest BCUT2D eigenvalue weighted by molar-refractivity contribution is -0.128. The summed E-state index contributed by atoms with van der Waals surface area (Å²) in [5.41, 5.74) is 2.27. The van der Waals surface area contributed by atoms with Gasteiger partial charge in [-0.25, -0.2) is 4.98 Å². The number of nitrogens with zero attached hydrogens (tertiary/aromatic N) is 2. The molecule has 1 saturated heterocycles. The van der Waals surface area contributed by atoms with Gasteiger partial charge in [-0.1, -0.05) is 51.1 Å². The van der Waals surface area contributed by atoms with E-state index in [9.17, 15) is 4.79 Å². The number of amides is 1. The number of likely N-dealkylation sites (tertiary alicyclic amines) is 1. The molecule has 24 heavy (non-hydrogen) atoms. The first-order valence-corrected chi connectivity index (χ1v) is 9.26. The number of rotatable bonds is 4. The van der Waals surface area contributed by atoms with Crippen molar-refractivity contribution in [2.45, 2.75) is 44.7 Å². The average molecular weight is 343 g/mol. The van der Waals surface area contributed by atoms with Gasteiger partial charge in [0.2, 0.25) is 5.91 Å². The van der Waals surface area contributed by atoms with Gasteiger partial charge in [0.1, 0.15) is 5.01 Å². The molecule has 3 rings (SSSR count). The molecule has 0 radical (unpaired) electrons. The van der Waals surface area contributed by atoms with Crippen LogP contribution in [0.5, 0.6) is 0 Å². The summed E-state index contributed by atoms with van der Waals surface area (Å²) in [6, 6.07) is 10.1. The van der Waals surface area contributed by atoms with Crippen molar-refractivity contribution in [2.75, 3.05) is 13.6 Å². The van der Waals surface area contributed by atoms with E-state index in [1.165, 1.54) is 0 Å². The van der Waals surface area contributed by atoms with Crippen molar-refractivity contribution in [2.24, 2.45) is 0 Å². The fraction of sp³-hybridized carbons (Fsp3) is 0.474. The van der Waals surface area contributed by atoms with Crippen LogP contribution in [0.3, 0.4) is 0 Å². The van der Waals surface area contributed by atoms with E-state index in [2.05, 4.69) is 43.6 Å². The van der Waals surface area contributed by atoms with Crippen molar-refractivity contribution in [3.05, 3.63) is 52.0 Å². The summed E-state index contributed by atoms with van der Waals surface area (Å²) in [5, 5.41) is 6.71. The summed E-state index contributed by atoms with van der Waals surface area (Å²) >= 11 is 1.67. The van der Waals surface area contributed by atoms with Crippen LogP contribution in [0.15, 0.2) is 35.7 Å². The summed E-state index contributed by atoms with van der Waals surface area (Å²) in [6.07, 6.45) is 0.843. The molecular formula is C19H25N3OS. The van der Waals surface area contributed by atoms with Crippen molar-refractivity contribution in [1.82, 2.24) is 15.2 Å². The van der Waals surface area contributed by atoms with E-state index in [-0.39, 0.29) is 23.4 Å². The van der Waals surface area contributed by atoms with E-state index in [0.717, 1.165) is 29.2 Å². The van der Waals surface area contributed by atoms with E-state index in [1.54, 1.807) is 16.2 Å².